The van der Waals surface area contributed by atoms with Crippen LogP contribution >= 0.6 is 15.9 Å². The quantitative estimate of drug-likeness (QED) is 0.835. The second kappa shape index (κ2) is 5.84. The van der Waals surface area contributed by atoms with Crippen molar-refractivity contribution in [2.24, 2.45) is 5.92 Å². The summed E-state index contributed by atoms with van der Waals surface area (Å²) in [5.41, 5.74) is 2.02. The van der Waals surface area contributed by atoms with Crippen LogP contribution in [0.4, 0.5) is 0 Å². The Hall–Kier alpha value is -0.680. The molecule has 2 fully saturated rings. The molecule has 4 nitrogen and oxygen atoms in total. The van der Waals surface area contributed by atoms with Crippen LogP contribution in [-0.4, -0.2) is 39.6 Å². The topological polar surface area (TPSA) is 38.1 Å². The highest BCUT2D eigenvalue weighted by Gasteiger charge is 2.40. The maximum absolute atomic E-state index is 12.7. The van der Waals surface area contributed by atoms with Gasteiger partial charge in [-0.1, -0.05) is 0 Å². The van der Waals surface area contributed by atoms with E-state index in [9.17, 15) is 4.79 Å². The second-order valence-corrected chi connectivity index (χ2v) is 7.32. The molecule has 0 radical (unpaired) electrons. The van der Waals surface area contributed by atoms with Gasteiger partial charge in [0, 0.05) is 31.0 Å². The van der Waals surface area contributed by atoms with Gasteiger partial charge in [0.05, 0.1) is 15.9 Å². The van der Waals surface area contributed by atoms with Gasteiger partial charge in [0.25, 0.3) is 0 Å². The van der Waals surface area contributed by atoms with E-state index < -0.39 is 0 Å². The van der Waals surface area contributed by atoms with Gasteiger partial charge in [0.15, 0.2) is 0 Å². The third-order valence-corrected chi connectivity index (χ3v) is 6.38. The summed E-state index contributed by atoms with van der Waals surface area (Å²) < 4.78 is 2.97. The maximum atomic E-state index is 12.7. The number of hydrogen-bond donors (Lipinski definition) is 0. The minimum absolute atomic E-state index is 0.242. The van der Waals surface area contributed by atoms with Gasteiger partial charge in [0.1, 0.15) is 5.78 Å². The molecule has 2 aliphatic heterocycles. The highest BCUT2D eigenvalue weighted by Crippen LogP contribution is 2.38. The van der Waals surface area contributed by atoms with Crippen LogP contribution in [0.3, 0.4) is 0 Å². The molecule has 0 aliphatic carbocycles. The number of aromatic nitrogens is 2. The molecule has 0 aromatic carbocycles. The van der Waals surface area contributed by atoms with Gasteiger partial charge in [-0.15, -0.1) is 0 Å². The van der Waals surface area contributed by atoms with Crippen molar-refractivity contribution in [3.05, 3.63) is 15.9 Å². The number of piperidine rings is 1. The van der Waals surface area contributed by atoms with Crippen LogP contribution in [0, 0.1) is 12.8 Å². The average Bonchev–Trinajstić information content (AvgIpc) is 2.85. The fourth-order valence-corrected chi connectivity index (χ4v) is 4.45. The number of ketones is 1. The van der Waals surface area contributed by atoms with Crippen LogP contribution in [0.1, 0.15) is 44.0 Å². The van der Waals surface area contributed by atoms with Crippen LogP contribution in [0.5, 0.6) is 0 Å². The standard InChI is InChI=1S/C16H24BrN3O/c1-4-20-14(16(17)10(2)18-20)9-15(21)11-7-12-5-6-13(8-11)19(12)3/h11-13H,4-9H2,1-3H3. The normalized spacial score (nSPS) is 29.0. The Balaban J connectivity index is 1.73. The van der Waals surface area contributed by atoms with Crippen molar-refractivity contribution in [3.63, 3.8) is 0 Å². The fourth-order valence-electron chi connectivity index (χ4n) is 4.02. The molecule has 5 heteroatoms. The fraction of sp³-hybridized carbons (Fsp3) is 0.750. The van der Waals surface area contributed by atoms with Crippen molar-refractivity contribution in [2.75, 3.05) is 7.05 Å². The summed E-state index contributed by atoms with van der Waals surface area (Å²) in [4.78, 5) is 15.2. The number of aryl methyl sites for hydroxylation is 2. The number of carbonyl (C=O) groups excluding carboxylic acids is 1. The molecule has 1 aromatic heterocycles. The number of nitrogens with zero attached hydrogens (tertiary/aromatic N) is 3. The van der Waals surface area contributed by atoms with Crippen molar-refractivity contribution in [1.29, 1.82) is 0 Å². The number of Topliss-reactive ketones (excluding diaryl/α,β-unsaturated/α-hetero) is 1. The molecule has 0 saturated carbocycles. The highest BCUT2D eigenvalue weighted by molar-refractivity contribution is 9.10. The molecule has 3 rings (SSSR count). The number of rotatable bonds is 4. The highest BCUT2D eigenvalue weighted by atomic mass is 79.9. The average molecular weight is 354 g/mol. The van der Waals surface area contributed by atoms with E-state index in [4.69, 9.17) is 0 Å². The number of hydrogen-bond acceptors (Lipinski definition) is 3. The van der Waals surface area contributed by atoms with Gasteiger partial charge in [-0.05, 0) is 62.5 Å². The summed E-state index contributed by atoms with van der Waals surface area (Å²) in [6.45, 7) is 4.87. The molecule has 0 N–H and O–H groups in total. The molecular formula is C16H24BrN3O. The van der Waals surface area contributed by atoms with Gasteiger partial charge in [-0.2, -0.15) is 5.10 Å². The number of halogens is 1. The van der Waals surface area contributed by atoms with Gasteiger partial charge >= 0.3 is 0 Å². The lowest BCUT2D eigenvalue weighted by molar-refractivity contribution is -0.124. The zero-order valence-electron chi connectivity index (χ0n) is 13.1. The minimum Gasteiger partial charge on any atom is -0.300 e. The van der Waals surface area contributed by atoms with Gasteiger partial charge < -0.3 is 4.90 Å². The van der Waals surface area contributed by atoms with Crippen molar-refractivity contribution in [1.82, 2.24) is 14.7 Å². The molecule has 2 unspecified atom stereocenters. The number of fused-ring (bicyclic) bond motifs is 2. The Bertz CT molecular complexity index is 540. The summed E-state index contributed by atoms with van der Waals surface area (Å²) in [5.74, 6) is 0.640. The van der Waals surface area contributed by atoms with Crippen LogP contribution in [-0.2, 0) is 17.8 Å². The van der Waals surface area contributed by atoms with E-state index in [1.807, 2.05) is 11.6 Å². The van der Waals surface area contributed by atoms with E-state index in [0.717, 1.165) is 35.2 Å². The lowest BCUT2D eigenvalue weighted by atomic mass is 9.86. The Morgan fingerprint density at radius 3 is 2.52 bits per heavy atom. The van der Waals surface area contributed by atoms with E-state index >= 15 is 0 Å². The Morgan fingerprint density at radius 1 is 1.33 bits per heavy atom. The van der Waals surface area contributed by atoms with E-state index in [1.54, 1.807) is 0 Å². The Kier molecular flexibility index (Phi) is 4.23. The summed E-state index contributed by atoms with van der Waals surface area (Å²) >= 11 is 3.60. The molecule has 2 bridgehead atoms. The van der Waals surface area contributed by atoms with Crippen LogP contribution in [0.15, 0.2) is 4.47 Å². The van der Waals surface area contributed by atoms with Gasteiger partial charge in [-0.25, -0.2) is 0 Å². The first kappa shape index (κ1) is 15.2. The largest absolute Gasteiger partial charge is 0.300 e. The first-order chi connectivity index (χ1) is 10.0. The molecule has 0 amide bonds. The third-order valence-electron chi connectivity index (χ3n) is 5.35. The molecule has 2 saturated heterocycles. The molecule has 21 heavy (non-hydrogen) atoms. The van der Waals surface area contributed by atoms with Crippen LogP contribution in [0.25, 0.3) is 0 Å². The lowest BCUT2D eigenvalue weighted by Crippen LogP contribution is -2.42. The van der Waals surface area contributed by atoms with E-state index in [-0.39, 0.29) is 5.92 Å². The lowest BCUT2D eigenvalue weighted by Gasteiger charge is -2.35. The molecular weight excluding hydrogens is 330 g/mol. The first-order valence-corrected chi connectivity index (χ1v) is 8.77. The maximum Gasteiger partial charge on any atom is 0.142 e. The van der Waals surface area contributed by atoms with E-state index in [0.29, 0.717) is 24.3 Å². The second-order valence-electron chi connectivity index (χ2n) is 6.52. The third kappa shape index (κ3) is 2.70. The Labute approximate surface area is 135 Å². The minimum atomic E-state index is 0.242. The van der Waals surface area contributed by atoms with Crippen molar-refractivity contribution >= 4 is 21.7 Å². The van der Waals surface area contributed by atoms with Crippen LogP contribution < -0.4 is 0 Å². The molecule has 3 heterocycles. The predicted molar refractivity (Wildman–Crippen MR) is 86.3 cm³/mol. The Morgan fingerprint density at radius 2 is 1.95 bits per heavy atom. The van der Waals surface area contributed by atoms with Crippen molar-refractivity contribution in [2.45, 2.75) is 64.6 Å². The molecule has 2 atom stereocenters. The number of carbonyl (C=O) groups is 1. The summed E-state index contributed by atoms with van der Waals surface area (Å²) in [6, 6.07) is 1.25. The van der Waals surface area contributed by atoms with Gasteiger partial charge in [-0.3, -0.25) is 9.48 Å². The summed E-state index contributed by atoms with van der Waals surface area (Å²) in [6.07, 6.45) is 5.13. The predicted octanol–water partition coefficient (Wildman–Crippen LogP) is 2.96. The summed E-state index contributed by atoms with van der Waals surface area (Å²) in [5, 5.41) is 4.49. The zero-order valence-corrected chi connectivity index (χ0v) is 14.7. The molecule has 1 aromatic rings. The summed E-state index contributed by atoms with van der Waals surface area (Å²) in [7, 11) is 2.22. The zero-order chi connectivity index (χ0) is 15.1. The molecule has 2 aliphatic rings. The van der Waals surface area contributed by atoms with Crippen LogP contribution in [0.2, 0.25) is 0 Å². The SMILES string of the molecule is CCn1nc(C)c(Br)c1CC(=O)C1CC2CCC(C1)N2C. The van der Waals surface area contributed by atoms with E-state index in [2.05, 4.69) is 39.9 Å². The first-order valence-electron chi connectivity index (χ1n) is 7.97. The smallest absolute Gasteiger partial charge is 0.142 e. The molecule has 0 spiro atoms. The van der Waals surface area contributed by atoms with Gasteiger partial charge in [0.2, 0.25) is 0 Å². The van der Waals surface area contributed by atoms with Crippen molar-refractivity contribution in [3.8, 4) is 0 Å². The molecule has 116 valence electrons. The monoisotopic (exact) mass is 353 g/mol. The van der Waals surface area contributed by atoms with Crippen molar-refractivity contribution < 1.29 is 4.79 Å². The van der Waals surface area contributed by atoms with E-state index in [1.165, 1.54) is 12.8 Å².